The number of aromatic nitrogens is 2. The van der Waals surface area contributed by atoms with Gasteiger partial charge in [-0.15, -0.1) is 0 Å². The van der Waals surface area contributed by atoms with Gasteiger partial charge in [-0.2, -0.15) is 0 Å². The van der Waals surface area contributed by atoms with Gasteiger partial charge in [0.05, 0.1) is 18.9 Å². The standard InChI is InChI=1S/C12H20N2O2/c1-5-10(14-7-6-13-9-14)8-12(2,3)11(15)16-4/h6-7,9-10H,5,8H2,1-4H3. The molecule has 0 amide bonds. The molecule has 0 aliphatic carbocycles. The quantitative estimate of drug-likeness (QED) is 0.721. The smallest absolute Gasteiger partial charge is 0.311 e. The summed E-state index contributed by atoms with van der Waals surface area (Å²) >= 11 is 0. The Morgan fingerprint density at radius 1 is 1.56 bits per heavy atom. The van der Waals surface area contributed by atoms with Crippen molar-refractivity contribution in [3.8, 4) is 0 Å². The van der Waals surface area contributed by atoms with Gasteiger partial charge in [-0.3, -0.25) is 4.79 Å². The van der Waals surface area contributed by atoms with Crippen molar-refractivity contribution < 1.29 is 9.53 Å². The first-order chi connectivity index (χ1) is 7.51. The highest BCUT2D eigenvalue weighted by Gasteiger charge is 2.31. The lowest BCUT2D eigenvalue weighted by molar-refractivity contribution is -0.151. The third-order valence-corrected chi connectivity index (χ3v) is 2.90. The molecule has 0 N–H and O–H groups in total. The number of carbonyl (C=O) groups is 1. The van der Waals surface area contributed by atoms with E-state index in [-0.39, 0.29) is 12.0 Å². The molecule has 0 aliphatic heterocycles. The highest BCUT2D eigenvalue weighted by atomic mass is 16.5. The number of methoxy groups -OCH3 is 1. The van der Waals surface area contributed by atoms with Gasteiger partial charge in [0.1, 0.15) is 0 Å². The number of imidazole rings is 1. The second-order valence-electron chi connectivity index (χ2n) is 4.65. The minimum atomic E-state index is -0.459. The van der Waals surface area contributed by atoms with Crippen LogP contribution in [0.3, 0.4) is 0 Å². The summed E-state index contributed by atoms with van der Waals surface area (Å²) in [5.74, 6) is -0.161. The zero-order valence-electron chi connectivity index (χ0n) is 10.4. The molecule has 1 unspecified atom stereocenters. The molecule has 0 aliphatic rings. The maximum absolute atomic E-state index is 11.6. The summed E-state index contributed by atoms with van der Waals surface area (Å²) in [7, 11) is 1.43. The Hall–Kier alpha value is -1.32. The van der Waals surface area contributed by atoms with E-state index >= 15 is 0 Å². The monoisotopic (exact) mass is 224 g/mol. The fourth-order valence-corrected chi connectivity index (χ4v) is 1.89. The lowest BCUT2D eigenvalue weighted by Crippen LogP contribution is -2.29. The third kappa shape index (κ3) is 2.84. The number of esters is 1. The van der Waals surface area contributed by atoms with E-state index in [1.165, 1.54) is 7.11 Å². The molecule has 1 rings (SSSR count). The van der Waals surface area contributed by atoms with E-state index in [0.717, 1.165) is 12.8 Å². The molecule has 0 radical (unpaired) electrons. The van der Waals surface area contributed by atoms with Crippen molar-refractivity contribution in [2.45, 2.75) is 39.7 Å². The molecule has 0 saturated carbocycles. The van der Waals surface area contributed by atoms with Crippen LogP contribution in [0.4, 0.5) is 0 Å². The number of carbonyl (C=O) groups excluding carboxylic acids is 1. The first-order valence-electron chi connectivity index (χ1n) is 5.57. The average Bonchev–Trinajstić information content (AvgIpc) is 2.78. The molecule has 90 valence electrons. The van der Waals surface area contributed by atoms with Gasteiger partial charge >= 0.3 is 5.97 Å². The minimum absolute atomic E-state index is 0.161. The third-order valence-electron chi connectivity index (χ3n) is 2.90. The van der Waals surface area contributed by atoms with Crippen molar-refractivity contribution in [2.24, 2.45) is 5.41 Å². The van der Waals surface area contributed by atoms with Crippen LogP contribution in [0.1, 0.15) is 39.7 Å². The molecule has 0 saturated heterocycles. The summed E-state index contributed by atoms with van der Waals surface area (Å²) in [6.07, 6.45) is 7.21. The second-order valence-corrected chi connectivity index (χ2v) is 4.65. The molecular formula is C12H20N2O2. The number of nitrogens with zero attached hydrogens (tertiary/aromatic N) is 2. The van der Waals surface area contributed by atoms with Gasteiger partial charge in [0.2, 0.25) is 0 Å². The molecule has 1 aromatic heterocycles. The molecule has 0 spiro atoms. The van der Waals surface area contributed by atoms with Crippen molar-refractivity contribution in [1.29, 1.82) is 0 Å². The van der Waals surface area contributed by atoms with Crippen molar-refractivity contribution in [3.63, 3.8) is 0 Å². The van der Waals surface area contributed by atoms with Crippen molar-refractivity contribution >= 4 is 5.97 Å². The van der Waals surface area contributed by atoms with Crippen LogP contribution in [0.5, 0.6) is 0 Å². The van der Waals surface area contributed by atoms with Crippen LogP contribution < -0.4 is 0 Å². The zero-order valence-corrected chi connectivity index (χ0v) is 10.4. The van der Waals surface area contributed by atoms with Crippen LogP contribution in [0, 0.1) is 5.41 Å². The van der Waals surface area contributed by atoms with Gasteiger partial charge in [-0.05, 0) is 26.7 Å². The maximum Gasteiger partial charge on any atom is 0.311 e. The van der Waals surface area contributed by atoms with Crippen LogP contribution in [0.15, 0.2) is 18.7 Å². The molecule has 0 fully saturated rings. The summed E-state index contributed by atoms with van der Waals surface area (Å²) in [5.41, 5.74) is -0.459. The van der Waals surface area contributed by atoms with Gasteiger partial charge in [0.25, 0.3) is 0 Å². The molecule has 16 heavy (non-hydrogen) atoms. The van der Waals surface area contributed by atoms with Gasteiger partial charge in [0, 0.05) is 18.4 Å². The molecule has 4 heteroatoms. The summed E-state index contributed by atoms with van der Waals surface area (Å²) in [4.78, 5) is 15.6. The Morgan fingerprint density at radius 3 is 2.69 bits per heavy atom. The Bertz CT molecular complexity index is 331. The number of rotatable bonds is 5. The molecule has 0 aromatic carbocycles. The van der Waals surface area contributed by atoms with E-state index in [1.54, 1.807) is 12.5 Å². The number of hydrogen-bond acceptors (Lipinski definition) is 3. The SMILES string of the molecule is CCC(CC(C)(C)C(=O)OC)n1ccnc1. The summed E-state index contributed by atoms with van der Waals surface area (Å²) in [6.45, 7) is 5.94. The summed E-state index contributed by atoms with van der Waals surface area (Å²) in [5, 5.41) is 0. The topological polar surface area (TPSA) is 44.1 Å². The van der Waals surface area contributed by atoms with Crippen LogP contribution in [0.2, 0.25) is 0 Å². The lowest BCUT2D eigenvalue weighted by atomic mass is 9.85. The van der Waals surface area contributed by atoms with Crippen molar-refractivity contribution in [2.75, 3.05) is 7.11 Å². The van der Waals surface area contributed by atoms with Crippen LogP contribution in [0.25, 0.3) is 0 Å². The first-order valence-corrected chi connectivity index (χ1v) is 5.57. The van der Waals surface area contributed by atoms with E-state index in [0.29, 0.717) is 0 Å². The molecule has 0 bridgehead atoms. The lowest BCUT2D eigenvalue weighted by Gasteiger charge is -2.27. The van der Waals surface area contributed by atoms with Crippen LogP contribution in [-0.4, -0.2) is 22.6 Å². The van der Waals surface area contributed by atoms with E-state index in [2.05, 4.69) is 11.9 Å². The van der Waals surface area contributed by atoms with Gasteiger partial charge < -0.3 is 9.30 Å². The maximum atomic E-state index is 11.6. The Labute approximate surface area is 96.6 Å². The zero-order chi connectivity index (χ0) is 12.2. The van der Waals surface area contributed by atoms with Crippen LogP contribution >= 0.6 is 0 Å². The largest absolute Gasteiger partial charge is 0.469 e. The normalized spacial score (nSPS) is 13.5. The van der Waals surface area contributed by atoms with Crippen molar-refractivity contribution in [3.05, 3.63) is 18.7 Å². The number of hydrogen-bond donors (Lipinski definition) is 0. The highest BCUT2D eigenvalue weighted by molar-refractivity contribution is 5.75. The highest BCUT2D eigenvalue weighted by Crippen LogP contribution is 2.31. The Morgan fingerprint density at radius 2 is 2.25 bits per heavy atom. The van der Waals surface area contributed by atoms with E-state index in [1.807, 2.05) is 24.6 Å². The van der Waals surface area contributed by atoms with Gasteiger partial charge in [-0.25, -0.2) is 4.98 Å². The number of ether oxygens (including phenoxy) is 1. The molecule has 1 heterocycles. The minimum Gasteiger partial charge on any atom is -0.469 e. The van der Waals surface area contributed by atoms with Crippen molar-refractivity contribution in [1.82, 2.24) is 9.55 Å². The van der Waals surface area contributed by atoms with Gasteiger partial charge in [0.15, 0.2) is 0 Å². The van der Waals surface area contributed by atoms with Gasteiger partial charge in [-0.1, -0.05) is 6.92 Å². The van der Waals surface area contributed by atoms with E-state index in [4.69, 9.17) is 4.74 Å². The Balaban J connectivity index is 2.74. The Kier molecular flexibility index (Phi) is 4.10. The molecule has 1 aromatic rings. The molecule has 4 nitrogen and oxygen atoms in total. The van der Waals surface area contributed by atoms with E-state index < -0.39 is 5.41 Å². The molecular weight excluding hydrogens is 204 g/mol. The second kappa shape index (κ2) is 5.14. The summed E-state index contributed by atoms with van der Waals surface area (Å²) < 4.78 is 6.86. The average molecular weight is 224 g/mol. The van der Waals surface area contributed by atoms with E-state index in [9.17, 15) is 4.79 Å². The predicted molar refractivity (Wildman–Crippen MR) is 62.0 cm³/mol. The first kappa shape index (κ1) is 12.7. The fourth-order valence-electron chi connectivity index (χ4n) is 1.89. The predicted octanol–water partition coefficient (Wildman–Crippen LogP) is 2.42. The fraction of sp³-hybridized carbons (Fsp3) is 0.667. The van der Waals surface area contributed by atoms with Crippen LogP contribution in [-0.2, 0) is 9.53 Å². The summed E-state index contributed by atoms with van der Waals surface area (Å²) in [6, 6.07) is 0.289. The molecule has 1 atom stereocenters.